The van der Waals surface area contributed by atoms with Gasteiger partial charge in [0, 0.05) is 0 Å². The molecule has 0 aromatic carbocycles. The number of thioether (sulfide) groups is 1. The second-order valence-corrected chi connectivity index (χ2v) is 7.09. The van der Waals surface area contributed by atoms with Gasteiger partial charge in [-0.25, -0.2) is 0 Å². The largest absolute Gasteiger partial charge is 0.302 e. The van der Waals surface area contributed by atoms with E-state index in [0.29, 0.717) is 5.92 Å². The van der Waals surface area contributed by atoms with Gasteiger partial charge in [-0.05, 0) is 62.5 Å². The smallest absolute Gasteiger partial charge is 0.109 e. The van der Waals surface area contributed by atoms with Gasteiger partial charge < -0.3 is 5.32 Å². The van der Waals surface area contributed by atoms with E-state index in [0.717, 1.165) is 12.3 Å². The summed E-state index contributed by atoms with van der Waals surface area (Å²) in [5.74, 6) is 4.16. The molecule has 0 heterocycles. The van der Waals surface area contributed by atoms with E-state index in [4.69, 9.17) is 0 Å². The molecule has 0 amide bonds. The second-order valence-electron chi connectivity index (χ2n) is 5.94. The molecule has 2 rings (SSSR count). The average molecular weight is 266 g/mol. The zero-order valence-electron chi connectivity index (χ0n) is 11.6. The Labute approximate surface area is 116 Å². The fourth-order valence-electron chi connectivity index (χ4n) is 3.65. The van der Waals surface area contributed by atoms with Crippen LogP contribution in [-0.2, 0) is 0 Å². The van der Waals surface area contributed by atoms with Crippen LogP contribution in [0.15, 0.2) is 0 Å². The molecule has 2 aliphatic carbocycles. The van der Waals surface area contributed by atoms with Crippen molar-refractivity contribution in [3.05, 3.63) is 0 Å². The van der Waals surface area contributed by atoms with E-state index in [1.54, 1.807) is 0 Å². The van der Waals surface area contributed by atoms with Gasteiger partial charge in [0.25, 0.3) is 0 Å². The third-order valence-corrected chi connectivity index (χ3v) is 6.14. The molecule has 2 saturated carbocycles. The highest BCUT2D eigenvalue weighted by Crippen LogP contribution is 2.38. The van der Waals surface area contributed by atoms with Crippen LogP contribution in [0.4, 0.5) is 0 Å². The molecule has 1 N–H and O–H groups in total. The van der Waals surface area contributed by atoms with Gasteiger partial charge in [-0.1, -0.05) is 19.3 Å². The summed E-state index contributed by atoms with van der Waals surface area (Å²) >= 11 is 2.12. The van der Waals surface area contributed by atoms with Crippen LogP contribution >= 0.6 is 11.8 Å². The van der Waals surface area contributed by atoms with Crippen LogP contribution in [0, 0.1) is 23.2 Å². The Kier molecular flexibility index (Phi) is 5.38. The molecule has 0 bridgehead atoms. The molecular weight excluding hydrogens is 240 g/mol. The first-order valence-corrected chi connectivity index (χ1v) is 8.64. The van der Waals surface area contributed by atoms with Gasteiger partial charge in [0.05, 0.1) is 6.07 Å². The molecule has 2 aliphatic rings. The van der Waals surface area contributed by atoms with E-state index in [9.17, 15) is 5.26 Å². The Morgan fingerprint density at radius 3 is 2.72 bits per heavy atom. The summed E-state index contributed by atoms with van der Waals surface area (Å²) in [5, 5.41) is 12.7. The first-order valence-electron chi connectivity index (χ1n) is 7.48. The summed E-state index contributed by atoms with van der Waals surface area (Å²) in [5.41, 5.74) is -0.214. The van der Waals surface area contributed by atoms with Crippen molar-refractivity contribution in [1.29, 1.82) is 5.26 Å². The molecule has 0 radical (unpaired) electrons. The molecule has 102 valence electrons. The number of nitriles is 1. The fourth-order valence-corrected chi connectivity index (χ4v) is 4.94. The van der Waals surface area contributed by atoms with Crippen molar-refractivity contribution in [2.75, 3.05) is 18.6 Å². The van der Waals surface area contributed by atoms with Gasteiger partial charge in [0.2, 0.25) is 0 Å². The van der Waals surface area contributed by atoms with Crippen LogP contribution < -0.4 is 5.32 Å². The maximum atomic E-state index is 9.40. The minimum Gasteiger partial charge on any atom is -0.302 e. The highest BCUT2D eigenvalue weighted by atomic mass is 32.2. The summed E-state index contributed by atoms with van der Waals surface area (Å²) < 4.78 is 0. The molecule has 18 heavy (non-hydrogen) atoms. The molecule has 2 nitrogen and oxygen atoms in total. The summed E-state index contributed by atoms with van der Waals surface area (Å²) in [6, 6.07) is 2.54. The Morgan fingerprint density at radius 1 is 1.28 bits per heavy atom. The highest BCUT2D eigenvalue weighted by Gasteiger charge is 2.41. The molecule has 2 unspecified atom stereocenters. The number of nitrogens with zero attached hydrogens (tertiary/aromatic N) is 1. The number of hydrogen-bond donors (Lipinski definition) is 1. The minimum absolute atomic E-state index is 0.214. The maximum absolute atomic E-state index is 9.40. The van der Waals surface area contributed by atoms with Crippen molar-refractivity contribution in [1.82, 2.24) is 5.32 Å². The van der Waals surface area contributed by atoms with Crippen LogP contribution in [0.3, 0.4) is 0 Å². The molecule has 0 aliphatic heterocycles. The van der Waals surface area contributed by atoms with Gasteiger partial charge in [-0.2, -0.15) is 17.0 Å². The van der Waals surface area contributed by atoms with Crippen molar-refractivity contribution in [2.45, 2.75) is 56.9 Å². The van der Waals surface area contributed by atoms with Crippen molar-refractivity contribution >= 4 is 11.8 Å². The molecule has 2 fully saturated rings. The minimum atomic E-state index is -0.214. The Bertz CT molecular complexity index is 293. The molecule has 2 atom stereocenters. The Hall–Kier alpha value is -0.200. The van der Waals surface area contributed by atoms with Crippen molar-refractivity contribution < 1.29 is 0 Å². The van der Waals surface area contributed by atoms with Crippen LogP contribution in [0.1, 0.15) is 51.4 Å². The van der Waals surface area contributed by atoms with Crippen LogP contribution in [-0.4, -0.2) is 24.1 Å². The van der Waals surface area contributed by atoms with Crippen molar-refractivity contribution in [2.24, 2.45) is 11.8 Å². The molecule has 0 saturated heterocycles. The molecule has 3 heteroatoms. The quantitative estimate of drug-likeness (QED) is 0.746. The Balaban J connectivity index is 1.68. The number of rotatable bonds is 6. The van der Waals surface area contributed by atoms with Crippen LogP contribution in [0.25, 0.3) is 0 Å². The van der Waals surface area contributed by atoms with E-state index in [2.05, 4.69) is 23.1 Å². The normalized spacial score (nSPS) is 32.8. The van der Waals surface area contributed by atoms with Crippen LogP contribution in [0.2, 0.25) is 0 Å². The van der Waals surface area contributed by atoms with Gasteiger partial charge >= 0.3 is 0 Å². The van der Waals surface area contributed by atoms with Gasteiger partial charge in [-0.15, -0.1) is 0 Å². The first kappa shape index (κ1) is 14.2. The molecular formula is C15H26N2S. The highest BCUT2D eigenvalue weighted by molar-refractivity contribution is 7.99. The lowest BCUT2D eigenvalue weighted by atomic mass is 9.87. The zero-order chi connectivity index (χ0) is 12.8. The van der Waals surface area contributed by atoms with Gasteiger partial charge in [0.1, 0.15) is 5.54 Å². The standard InChI is InChI=1S/C15H26N2S/c1-17-15(12-16)9-4-7-14(15)8-10-18-11-13-5-2-3-6-13/h13-14,17H,2-11H2,1H3. The lowest BCUT2D eigenvalue weighted by Gasteiger charge is -2.28. The third kappa shape index (κ3) is 3.22. The predicted octanol–water partition coefficient (Wildman–Crippen LogP) is 3.58. The molecule has 0 aromatic rings. The van der Waals surface area contributed by atoms with E-state index in [1.165, 1.54) is 56.5 Å². The van der Waals surface area contributed by atoms with E-state index in [1.807, 2.05) is 7.05 Å². The summed E-state index contributed by atoms with van der Waals surface area (Å²) in [6.45, 7) is 0. The zero-order valence-corrected chi connectivity index (χ0v) is 12.4. The SMILES string of the molecule is CNC1(C#N)CCCC1CCSCC1CCCC1. The average Bonchev–Trinajstić information content (AvgIpc) is 3.04. The van der Waals surface area contributed by atoms with Crippen LogP contribution in [0.5, 0.6) is 0 Å². The number of nitrogens with one attached hydrogen (secondary N) is 1. The number of hydrogen-bond acceptors (Lipinski definition) is 3. The predicted molar refractivity (Wildman–Crippen MR) is 78.6 cm³/mol. The Morgan fingerprint density at radius 2 is 2.06 bits per heavy atom. The van der Waals surface area contributed by atoms with E-state index in [-0.39, 0.29) is 5.54 Å². The van der Waals surface area contributed by atoms with E-state index >= 15 is 0 Å². The van der Waals surface area contributed by atoms with Gasteiger partial charge in [-0.3, -0.25) is 0 Å². The lowest BCUT2D eigenvalue weighted by Crippen LogP contribution is -2.44. The topological polar surface area (TPSA) is 35.8 Å². The monoisotopic (exact) mass is 266 g/mol. The summed E-state index contributed by atoms with van der Waals surface area (Å²) in [7, 11) is 1.95. The van der Waals surface area contributed by atoms with E-state index < -0.39 is 0 Å². The molecule has 0 spiro atoms. The fraction of sp³-hybridized carbons (Fsp3) is 0.933. The van der Waals surface area contributed by atoms with Crippen molar-refractivity contribution in [3.8, 4) is 6.07 Å². The molecule has 0 aromatic heterocycles. The first-order chi connectivity index (χ1) is 8.80. The summed E-state index contributed by atoms with van der Waals surface area (Å²) in [4.78, 5) is 0. The summed E-state index contributed by atoms with van der Waals surface area (Å²) in [6.07, 6.45) is 10.5. The maximum Gasteiger partial charge on any atom is 0.109 e. The van der Waals surface area contributed by atoms with Crippen molar-refractivity contribution in [3.63, 3.8) is 0 Å². The second kappa shape index (κ2) is 6.82. The third-order valence-electron chi connectivity index (χ3n) is 4.91. The van der Waals surface area contributed by atoms with Gasteiger partial charge in [0.15, 0.2) is 0 Å². The lowest BCUT2D eigenvalue weighted by molar-refractivity contribution is 0.332.